The Bertz CT molecular complexity index is 558. The molecule has 0 spiro atoms. The van der Waals surface area contributed by atoms with Crippen LogP contribution < -0.4 is 5.32 Å². The summed E-state index contributed by atoms with van der Waals surface area (Å²) in [5.41, 5.74) is 0.624. The largest absolute Gasteiger partial charge is 0.310 e. The number of rotatable bonds is 5. The van der Waals surface area contributed by atoms with E-state index in [2.05, 4.69) is 27.3 Å². The number of nitrogens with one attached hydrogen (secondary N) is 1. The van der Waals surface area contributed by atoms with Gasteiger partial charge in [0.2, 0.25) is 0 Å². The van der Waals surface area contributed by atoms with E-state index in [1.54, 1.807) is 29.5 Å². The zero-order valence-corrected chi connectivity index (χ0v) is 13.6. The van der Waals surface area contributed by atoms with Gasteiger partial charge < -0.3 is 5.32 Å². The van der Waals surface area contributed by atoms with Crippen molar-refractivity contribution < 1.29 is 4.39 Å². The van der Waals surface area contributed by atoms with Gasteiger partial charge in [-0.05, 0) is 40.7 Å². The Morgan fingerprint density at radius 3 is 2.79 bits per heavy atom. The summed E-state index contributed by atoms with van der Waals surface area (Å²) in [6.45, 7) is 2.79. The maximum absolute atomic E-state index is 14.1. The summed E-state index contributed by atoms with van der Waals surface area (Å²) in [4.78, 5) is 1.21. The van der Waals surface area contributed by atoms with Gasteiger partial charge in [0, 0.05) is 22.9 Å². The fourth-order valence-corrected chi connectivity index (χ4v) is 3.70. The Kier molecular flexibility index (Phi) is 5.39. The van der Waals surface area contributed by atoms with Crippen molar-refractivity contribution in [2.75, 3.05) is 6.54 Å². The van der Waals surface area contributed by atoms with Crippen LogP contribution in [-0.4, -0.2) is 6.54 Å². The van der Waals surface area contributed by atoms with Crippen molar-refractivity contribution in [2.45, 2.75) is 19.4 Å². The molecule has 1 aromatic heterocycles. The molecule has 0 saturated carbocycles. The minimum atomic E-state index is -0.328. The lowest BCUT2D eigenvalue weighted by atomic mass is 10.0. The van der Waals surface area contributed by atoms with Crippen LogP contribution in [0, 0.1) is 5.82 Å². The van der Waals surface area contributed by atoms with Crippen LogP contribution in [0.15, 0.2) is 34.1 Å². The molecule has 1 N–H and O–H groups in total. The van der Waals surface area contributed by atoms with Gasteiger partial charge in [0.15, 0.2) is 0 Å². The molecule has 0 aliphatic heterocycles. The van der Waals surface area contributed by atoms with Crippen LogP contribution >= 0.6 is 38.9 Å². The zero-order chi connectivity index (χ0) is 13.8. The number of thiophene rings is 1. The second kappa shape index (κ2) is 6.84. The normalized spacial score (nSPS) is 12.6. The van der Waals surface area contributed by atoms with Crippen LogP contribution in [0.25, 0.3) is 0 Å². The van der Waals surface area contributed by atoms with Crippen LogP contribution in [0.1, 0.15) is 23.4 Å². The van der Waals surface area contributed by atoms with Gasteiger partial charge in [-0.25, -0.2) is 4.39 Å². The summed E-state index contributed by atoms with van der Waals surface area (Å²) in [5, 5.41) is 3.49. The molecule has 102 valence electrons. The molecule has 1 atom stereocenters. The second-order valence-corrected chi connectivity index (χ2v) is 7.12. The molecule has 1 nitrogen and oxygen atoms in total. The second-order valence-electron chi connectivity index (χ2n) is 4.16. The van der Waals surface area contributed by atoms with Crippen LogP contribution in [0.3, 0.4) is 0 Å². The molecule has 19 heavy (non-hydrogen) atoms. The van der Waals surface area contributed by atoms with E-state index in [-0.39, 0.29) is 16.9 Å². The molecular formula is C14H14BrClFNS. The molecule has 1 heterocycles. The predicted molar refractivity (Wildman–Crippen MR) is 83.6 cm³/mol. The van der Waals surface area contributed by atoms with Crippen LogP contribution in [0.5, 0.6) is 0 Å². The Morgan fingerprint density at radius 2 is 2.16 bits per heavy atom. The Hall–Kier alpha value is -0.420. The van der Waals surface area contributed by atoms with Crippen LogP contribution in [0.4, 0.5) is 4.39 Å². The van der Waals surface area contributed by atoms with Gasteiger partial charge in [-0.1, -0.05) is 30.7 Å². The Labute approximate surface area is 129 Å². The molecule has 0 amide bonds. The van der Waals surface area contributed by atoms with Crippen LogP contribution in [0.2, 0.25) is 5.02 Å². The summed E-state index contributed by atoms with van der Waals surface area (Å²) < 4.78 is 15.2. The van der Waals surface area contributed by atoms with Gasteiger partial charge in [0.1, 0.15) is 5.82 Å². The number of hydrogen-bond acceptors (Lipinski definition) is 2. The number of halogens is 3. The minimum absolute atomic E-state index is 0.0609. The molecular weight excluding hydrogens is 349 g/mol. The summed E-state index contributed by atoms with van der Waals surface area (Å²) in [5.74, 6) is -0.328. The molecule has 0 bridgehead atoms. The smallest absolute Gasteiger partial charge is 0.146 e. The van der Waals surface area contributed by atoms with Gasteiger partial charge in [-0.15, -0.1) is 11.3 Å². The first-order chi connectivity index (χ1) is 9.11. The van der Waals surface area contributed by atoms with Gasteiger partial charge in [0.25, 0.3) is 0 Å². The Balaban J connectivity index is 2.26. The van der Waals surface area contributed by atoms with E-state index < -0.39 is 0 Å². The first-order valence-electron chi connectivity index (χ1n) is 6.03. The van der Waals surface area contributed by atoms with Gasteiger partial charge >= 0.3 is 0 Å². The van der Waals surface area contributed by atoms with E-state index in [0.717, 1.165) is 16.8 Å². The highest BCUT2D eigenvalue weighted by atomic mass is 79.9. The summed E-state index contributed by atoms with van der Waals surface area (Å²) >= 11 is 11.0. The molecule has 0 saturated heterocycles. The maximum Gasteiger partial charge on any atom is 0.146 e. The van der Waals surface area contributed by atoms with Crippen molar-refractivity contribution in [3.63, 3.8) is 0 Å². The molecule has 1 unspecified atom stereocenters. The SMILES string of the molecule is CCNC(Cc1ccc(Br)s1)c1cccc(Cl)c1F. The van der Waals surface area contributed by atoms with E-state index in [1.165, 1.54) is 4.88 Å². The lowest BCUT2D eigenvalue weighted by molar-refractivity contribution is 0.512. The van der Waals surface area contributed by atoms with E-state index in [4.69, 9.17) is 11.6 Å². The van der Waals surface area contributed by atoms with E-state index in [0.29, 0.717) is 5.56 Å². The highest BCUT2D eigenvalue weighted by Gasteiger charge is 2.17. The molecule has 0 fully saturated rings. The lowest BCUT2D eigenvalue weighted by Gasteiger charge is -2.18. The van der Waals surface area contributed by atoms with Crippen molar-refractivity contribution in [1.82, 2.24) is 5.32 Å². The third-order valence-corrected chi connectivity index (χ3v) is 4.78. The van der Waals surface area contributed by atoms with E-state index >= 15 is 0 Å². The molecule has 0 aliphatic carbocycles. The lowest BCUT2D eigenvalue weighted by Crippen LogP contribution is -2.23. The third kappa shape index (κ3) is 3.78. The van der Waals surface area contributed by atoms with Crippen molar-refractivity contribution >= 4 is 38.9 Å². The third-order valence-electron chi connectivity index (χ3n) is 2.84. The van der Waals surface area contributed by atoms with E-state index in [1.807, 2.05) is 13.0 Å². The monoisotopic (exact) mass is 361 g/mol. The average Bonchev–Trinajstić information content (AvgIpc) is 2.78. The summed E-state index contributed by atoms with van der Waals surface area (Å²) in [7, 11) is 0. The molecule has 1 aromatic carbocycles. The minimum Gasteiger partial charge on any atom is -0.310 e. The number of hydrogen-bond donors (Lipinski definition) is 1. The quantitative estimate of drug-likeness (QED) is 0.771. The van der Waals surface area contributed by atoms with Gasteiger partial charge in [0.05, 0.1) is 8.81 Å². The predicted octanol–water partition coefficient (Wildman–Crippen LogP) is 5.20. The standard InChI is InChI=1S/C14H14BrClFNS/c1-2-18-12(8-9-6-7-13(15)19-9)10-4-3-5-11(16)14(10)17/h3-7,12,18H,2,8H2,1H3. The van der Waals surface area contributed by atoms with Gasteiger partial charge in [-0.3, -0.25) is 0 Å². The topological polar surface area (TPSA) is 12.0 Å². The number of benzene rings is 1. The van der Waals surface area contributed by atoms with E-state index in [9.17, 15) is 4.39 Å². The fourth-order valence-electron chi connectivity index (χ4n) is 1.99. The molecule has 2 aromatic rings. The van der Waals surface area contributed by atoms with Crippen molar-refractivity contribution in [1.29, 1.82) is 0 Å². The van der Waals surface area contributed by atoms with Crippen LogP contribution in [-0.2, 0) is 6.42 Å². The molecule has 5 heteroatoms. The fraction of sp³-hybridized carbons (Fsp3) is 0.286. The molecule has 2 rings (SSSR count). The highest BCUT2D eigenvalue weighted by Crippen LogP contribution is 2.29. The first-order valence-corrected chi connectivity index (χ1v) is 8.02. The zero-order valence-electron chi connectivity index (χ0n) is 10.4. The maximum atomic E-state index is 14.1. The first kappa shape index (κ1) is 15.0. The van der Waals surface area contributed by atoms with Gasteiger partial charge in [-0.2, -0.15) is 0 Å². The van der Waals surface area contributed by atoms with Crippen molar-refractivity contribution in [2.24, 2.45) is 0 Å². The molecule has 0 aliphatic rings. The number of likely N-dealkylation sites (N-methyl/N-ethyl adjacent to an activating group) is 1. The highest BCUT2D eigenvalue weighted by molar-refractivity contribution is 9.11. The Morgan fingerprint density at radius 1 is 1.37 bits per heavy atom. The average molecular weight is 363 g/mol. The molecule has 0 radical (unpaired) electrons. The summed E-state index contributed by atoms with van der Waals surface area (Å²) in [6, 6.07) is 9.16. The summed E-state index contributed by atoms with van der Waals surface area (Å²) in [6.07, 6.45) is 0.751. The van der Waals surface area contributed by atoms with Crippen molar-refractivity contribution in [3.05, 3.63) is 55.4 Å². The van der Waals surface area contributed by atoms with Crippen molar-refractivity contribution in [3.8, 4) is 0 Å².